The van der Waals surface area contributed by atoms with Crippen LogP contribution in [0, 0.1) is 13.8 Å². The molecular formula is C16H22N4O. The van der Waals surface area contributed by atoms with Crippen molar-refractivity contribution in [3.05, 3.63) is 35.0 Å². The number of carbonyl (C=O) groups is 1. The number of aryl methyl sites for hydroxylation is 2. The van der Waals surface area contributed by atoms with Gasteiger partial charge in [0.15, 0.2) is 0 Å². The molecule has 0 unspecified atom stereocenters. The van der Waals surface area contributed by atoms with Gasteiger partial charge in [0.05, 0.1) is 16.9 Å². The Hall–Kier alpha value is -2.30. The molecule has 0 spiro atoms. The van der Waals surface area contributed by atoms with E-state index in [2.05, 4.69) is 10.3 Å². The van der Waals surface area contributed by atoms with Gasteiger partial charge in [0.25, 0.3) is 5.91 Å². The van der Waals surface area contributed by atoms with Crippen LogP contribution >= 0.6 is 0 Å². The molecule has 0 fully saturated rings. The summed E-state index contributed by atoms with van der Waals surface area (Å²) < 4.78 is 0. The number of hydrogen-bond acceptors (Lipinski definition) is 4. The summed E-state index contributed by atoms with van der Waals surface area (Å²) in [4.78, 5) is 20.9. The number of likely N-dealkylation sites (N-methyl/N-ethyl adjacent to an activating group) is 1. The first-order valence-electron chi connectivity index (χ1n) is 6.87. The van der Waals surface area contributed by atoms with Gasteiger partial charge in [0.2, 0.25) is 0 Å². The number of amides is 1. The fourth-order valence-corrected chi connectivity index (χ4v) is 2.17. The molecular weight excluding hydrogens is 264 g/mol. The Labute approximate surface area is 126 Å². The Balaban J connectivity index is 2.65. The highest BCUT2D eigenvalue weighted by atomic mass is 16.1. The summed E-state index contributed by atoms with van der Waals surface area (Å²) in [7, 11) is 7.56. The smallest absolute Gasteiger partial charge is 0.260 e. The number of benzene rings is 1. The maximum absolute atomic E-state index is 12.5. The van der Waals surface area contributed by atoms with Crippen LogP contribution in [0.2, 0.25) is 0 Å². The van der Waals surface area contributed by atoms with Crippen LogP contribution in [0.4, 0.5) is 11.4 Å². The van der Waals surface area contributed by atoms with E-state index in [1.807, 2.05) is 64.0 Å². The molecule has 1 amide bonds. The number of aliphatic imine (C=N–C) groups is 1. The zero-order valence-corrected chi connectivity index (χ0v) is 13.5. The van der Waals surface area contributed by atoms with Crippen molar-refractivity contribution in [3.8, 4) is 0 Å². The van der Waals surface area contributed by atoms with E-state index in [1.165, 1.54) is 0 Å². The van der Waals surface area contributed by atoms with Gasteiger partial charge >= 0.3 is 0 Å². The molecule has 1 aromatic carbocycles. The first-order valence-corrected chi connectivity index (χ1v) is 6.87. The van der Waals surface area contributed by atoms with Crippen molar-refractivity contribution >= 4 is 23.1 Å². The zero-order chi connectivity index (χ0) is 15.7. The van der Waals surface area contributed by atoms with Gasteiger partial charge in [-0.05, 0) is 37.1 Å². The molecule has 0 aromatic heterocycles. The number of nitrogens with one attached hydrogen (secondary N) is 1. The monoisotopic (exact) mass is 286 g/mol. The van der Waals surface area contributed by atoms with Gasteiger partial charge in [-0.15, -0.1) is 0 Å². The summed E-state index contributed by atoms with van der Waals surface area (Å²) in [6.07, 6.45) is 1.79. The van der Waals surface area contributed by atoms with Crippen LogP contribution in [-0.2, 0) is 4.79 Å². The highest BCUT2D eigenvalue weighted by molar-refractivity contribution is 6.26. The van der Waals surface area contributed by atoms with Gasteiger partial charge in [0.1, 0.15) is 5.84 Å². The maximum atomic E-state index is 12.5. The Bertz CT molecular complexity index is 642. The second-order valence-electron chi connectivity index (χ2n) is 5.74. The Morgan fingerprint density at radius 3 is 2.29 bits per heavy atom. The second kappa shape index (κ2) is 5.60. The third-order valence-corrected chi connectivity index (χ3v) is 3.38. The Morgan fingerprint density at radius 1 is 1.10 bits per heavy atom. The summed E-state index contributed by atoms with van der Waals surface area (Å²) in [6, 6.07) is 3.98. The minimum Gasteiger partial charge on any atom is -0.383 e. The normalized spacial score (nSPS) is 16.0. The molecule has 5 nitrogen and oxygen atoms in total. The van der Waals surface area contributed by atoms with Gasteiger partial charge in [0, 0.05) is 34.4 Å². The molecule has 1 aromatic rings. The average Bonchev–Trinajstić information content (AvgIpc) is 2.49. The van der Waals surface area contributed by atoms with Crippen molar-refractivity contribution in [1.29, 1.82) is 0 Å². The first-order chi connectivity index (χ1) is 9.79. The van der Waals surface area contributed by atoms with E-state index < -0.39 is 0 Å². The molecule has 0 saturated heterocycles. The molecule has 1 N–H and O–H groups in total. The van der Waals surface area contributed by atoms with Crippen LogP contribution in [0.5, 0.6) is 0 Å². The van der Waals surface area contributed by atoms with E-state index in [1.54, 1.807) is 6.20 Å². The van der Waals surface area contributed by atoms with Crippen LogP contribution in [0.15, 0.2) is 28.9 Å². The molecule has 5 heteroatoms. The lowest BCUT2D eigenvalue weighted by Crippen LogP contribution is -2.30. The lowest BCUT2D eigenvalue weighted by molar-refractivity contribution is -0.112. The third kappa shape index (κ3) is 3.07. The number of rotatable bonds is 1. The summed E-state index contributed by atoms with van der Waals surface area (Å²) in [6.45, 7) is 4.07. The Morgan fingerprint density at radius 2 is 1.71 bits per heavy atom. The van der Waals surface area contributed by atoms with Crippen LogP contribution in [0.1, 0.15) is 11.1 Å². The van der Waals surface area contributed by atoms with Crippen molar-refractivity contribution in [1.82, 2.24) is 9.80 Å². The van der Waals surface area contributed by atoms with Gasteiger partial charge in [-0.25, -0.2) is 4.99 Å². The topological polar surface area (TPSA) is 47.9 Å². The van der Waals surface area contributed by atoms with Crippen LogP contribution in [0.25, 0.3) is 0 Å². The number of fused-ring (bicyclic) bond motifs is 1. The Kier molecular flexibility index (Phi) is 4.02. The predicted molar refractivity (Wildman–Crippen MR) is 87.1 cm³/mol. The lowest BCUT2D eigenvalue weighted by atomic mass is 10.1. The van der Waals surface area contributed by atoms with E-state index in [-0.39, 0.29) is 5.91 Å². The molecule has 1 heterocycles. The predicted octanol–water partition coefficient (Wildman–Crippen LogP) is 2.29. The molecule has 21 heavy (non-hydrogen) atoms. The molecule has 112 valence electrons. The summed E-state index contributed by atoms with van der Waals surface area (Å²) in [5.74, 6) is 0.515. The van der Waals surface area contributed by atoms with Crippen LogP contribution < -0.4 is 5.32 Å². The fraction of sp³-hybridized carbons (Fsp3) is 0.375. The fourth-order valence-electron chi connectivity index (χ4n) is 2.17. The van der Waals surface area contributed by atoms with Gasteiger partial charge < -0.3 is 15.1 Å². The highest BCUT2D eigenvalue weighted by Gasteiger charge is 2.24. The minimum atomic E-state index is -0.141. The zero-order valence-electron chi connectivity index (χ0n) is 13.5. The maximum Gasteiger partial charge on any atom is 0.260 e. The van der Waals surface area contributed by atoms with Crippen LogP contribution in [-0.4, -0.2) is 49.7 Å². The number of amidine groups is 1. The van der Waals surface area contributed by atoms with Crippen molar-refractivity contribution in [2.24, 2.45) is 4.99 Å². The van der Waals surface area contributed by atoms with E-state index in [0.717, 1.165) is 22.5 Å². The van der Waals surface area contributed by atoms with Gasteiger partial charge in [-0.2, -0.15) is 0 Å². The van der Waals surface area contributed by atoms with E-state index in [9.17, 15) is 4.79 Å². The lowest BCUT2D eigenvalue weighted by Gasteiger charge is -2.17. The SMILES string of the molecule is Cc1cc2c(cc1C)NC(=O)C(=CN(C)C)C(N(C)C)=N2. The second-order valence-corrected chi connectivity index (χ2v) is 5.74. The van der Waals surface area contributed by atoms with Crippen molar-refractivity contribution in [3.63, 3.8) is 0 Å². The third-order valence-electron chi connectivity index (χ3n) is 3.38. The quantitative estimate of drug-likeness (QED) is 0.806. The van der Waals surface area contributed by atoms with Gasteiger partial charge in [-0.3, -0.25) is 4.79 Å². The van der Waals surface area contributed by atoms with Crippen molar-refractivity contribution in [2.75, 3.05) is 33.5 Å². The molecule has 0 bridgehead atoms. The molecule has 1 aliphatic rings. The largest absolute Gasteiger partial charge is 0.383 e. The summed E-state index contributed by atoms with van der Waals surface area (Å²) in [5.41, 5.74) is 4.39. The van der Waals surface area contributed by atoms with E-state index in [0.29, 0.717) is 11.4 Å². The molecule has 0 atom stereocenters. The standard InChI is InChI=1S/C16H22N4O/c1-10-7-13-14(8-11(10)2)18-16(21)12(9-19(3)4)15(17-13)20(5)6/h7-9H,1-6H3,(H,18,21). The van der Waals surface area contributed by atoms with E-state index >= 15 is 0 Å². The number of carbonyl (C=O) groups excluding carboxylic acids is 1. The molecule has 2 rings (SSSR count). The molecule has 0 aliphatic carbocycles. The first kappa shape index (κ1) is 15.1. The minimum absolute atomic E-state index is 0.141. The van der Waals surface area contributed by atoms with Crippen molar-refractivity contribution in [2.45, 2.75) is 13.8 Å². The van der Waals surface area contributed by atoms with Gasteiger partial charge in [-0.1, -0.05) is 0 Å². The number of hydrogen-bond donors (Lipinski definition) is 1. The molecule has 0 saturated carbocycles. The highest BCUT2D eigenvalue weighted by Crippen LogP contribution is 2.32. The molecule has 1 aliphatic heterocycles. The number of anilines is 1. The molecule has 0 radical (unpaired) electrons. The van der Waals surface area contributed by atoms with Crippen molar-refractivity contribution < 1.29 is 4.79 Å². The number of nitrogens with zero attached hydrogens (tertiary/aromatic N) is 3. The average molecular weight is 286 g/mol. The summed E-state index contributed by atoms with van der Waals surface area (Å²) >= 11 is 0. The van der Waals surface area contributed by atoms with E-state index in [4.69, 9.17) is 0 Å². The van der Waals surface area contributed by atoms with Crippen LogP contribution in [0.3, 0.4) is 0 Å². The summed E-state index contributed by atoms with van der Waals surface area (Å²) in [5, 5.41) is 2.96.